The number of hydrogen-bond donors (Lipinski definition) is 1. The second-order valence-corrected chi connectivity index (χ2v) is 21.5. The number of hydrogen-bond acceptors (Lipinski definition) is 7. The molecule has 10 heteroatoms. The molecule has 1 N–H and O–H groups in total. The number of rotatable bonds is 8. The summed E-state index contributed by atoms with van der Waals surface area (Å²) in [7, 11) is -0.797. The average Bonchev–Trinajstić information content (AvgIpc) is 3.00. The molecule has 2 heterocycles. The third-order valence-electron chi connectivity index (χ3n) is 7.57. The van der Waals surface area contributed by atoms with E-state index in [1.165, 1.54) is 4.57 Å². The van der Waals surface area contributed by atoms with Crippen LogP contribution < -0.4 is 11.0 Å². The molecular formula is C23H45N3O5Si2. The number of ether oxygens (including phenoxy) is 2. The van der Waals surface area contributed by atoms with Crippen LogP contribution in [0.4, 0.5) is 5.82 Å². The number of nitrogens with one attached hydrogen (secondary N) is 1. The SMILES string of the molecule is CNc1ccn(C2OC(CO[Si](C)(C)C(C)(C)C)C(O[Si](C)(C)C(C)(C)C)C2OC)c(=O)n1. The Balaban J connectivity index is 2.43. The zero-order valence-electron chi connectivity index (χ0n) is 22.6. The van der Waals surface area contributed by atoms with Crippen LogP contribution in [0.3, 0.4) is 0 Å². The first kappa shape index (κ1) is 28.2. The van der Waals surface area contributed by atoms with Crippen LogP contribution >= 0.6 is 0 Å². The van der Waals surface area contributed by atoms with E-state index in [1.807, 2.05) is 0 Å². The summed E-state index contributed by atoms with van der Waals surface area (Å²) in [4.78, 5) is 16.9. The standard InChI is InChI=1S/C23H45N3O5Si2/c1-22(2,3)32(9,10)29-15-16-18(31-33(11,12)23(4,5)6)19(28-8)20(30-16)26-14-13-17(24-7)25-21(26)27/h13-14,16,18-20H,15H2,1-12H3,(H,24,25,27). The van der Waals surface area contributed by atoms with Crippen LogP contribution in [0.15, 0.2) is 17.1 Å². The summed E-state index contributed by atoms with van der Waals surface area (Å²) in [5.74, 6) is 0.509. The second-order valence-electron chi connectivity index (χ2n) is 11.9. The highest BCUT2D eigenvalue weighted by Gasteiger charge is 2.52. The number of methoxy groups -OCH3 is 1. The van der Waals surface area contributed by atoms with E-state index in [9.17, 15) is 4.79 Å². The number of aromatic nitrogens is 2. The summed E-state index contributed by atoms with van der Waals surface area (Å²) in [6.45, 7) is 22.5. The molecule has 0 spiro atoms. The first-order chi connectivity index (χ1) is 14.9. The topological polar surface area (TPSA) is 83.8 Å². The Hall–Kier alpha value is -1.05. The molecule has 0 aliphatic carbocycles. The number of nitrogens with zero attached hydrogens (tertiary/aromatic N) is 2. The lowest BCUT2D eigenvalue weighted by Gasteiger charge is -2.41. The Kier molecular flexibility index (Phi) is 8.46. The van der Waals surface area contributed by atoms with Gasteiger partial charge < -0.3 is 23.6 Å². The van der Waals surface area contributed by atoms with Gasteiger partial charge in [-0.1, -0.05) is 41.5 Å². The predicted molar refractivity (Wildman–Crippen MR) is 138 cm³/mol. The van der Waals surface area contributed by atoms with Crippen LogP contribution in [0, 0.1) is 0 Å². The summed E-state index contributed by atoms with van der Waals surface area (Å²) in [6.07, 6.45) is -0.144. The third-order valence-corrected chi connectivity index (χ3v) is 16.5. The summed E-state index contributed by atoms with van der Waals surface area (Å²) >= 11 is 0. The van der Waals surface area contributed by atoms with Gasteiger partial charge in [0.15, 0.2) is 22.9 Å². The molecule has 2 rings (SSSR count). The highest BCUT2D eigenvalue weighted by molar-refractivity contribution is 6.74. The van der Waals surface area contributed by atoms with Crippen molar-refractivity contribution in [2.24, 2.45) is 0 Å². The van der Waals surface area contributed by atoms with Gasteiger partial charge in [-0.15, -0.1) is 0 Å². The second kappa shape index (κ2) is 9.90. The molecule has 33 heavy (non-hydrogen) atoms. The molecule has 1 aromatic rings. The summed E-state index contributed by atoms with van der Waals surface area (Å²) in [5.41, 5.74) is -0.397. The van der Waals surface area contributed by atoms with Crippen molar-refractivity contribution >= 4 is 22.5 Å². The highest BCUT2D eigenvalue weighted by Crippen LogP contribution is 2.43. The van der Waals surface area contributed by atoms with E-state index in [2.05, 4.69) is 78.0 Å². The van der Waals surface area contributed by atoms with Crippen molar-refractivity contribution in [2.75, 3.05) is 26.1 Å². The normalized spacial score (nSPS) is 24.8. The van der Waals surface area contributed by atoms with E-state index in [-0.39, 0.29) is 22.3 Å². The first-order valence-electron chi connectivity index (χ1n) is 11.7. The van der Waals surface area contributed by atoms with E-state index < -0.39 is 34.7 Å². The van der Waals surface area contributed by atoms with Gasteiger partial charge in [0.2, 0.25) is 0 Å². The lowest BCUT2D eigenvalue weighted by atomic mass is 10.1. The Labute approximate surface area is 201 Å². The van der Waals surface area contributed by atoms with E-state index in [4.69, 9.17) is 18.3 Å². The van der Waals surface area contributed by atoms with E-state index in [0.717, 1.165) is 0 Å². The molecule has 1 aliphatic rings. The Morgan fingerprint density at radius 3 is 2.09 bits per heavy atom. The molecular weight excluding hydrogens is 454 g/mol. The minimum Gasteiger partial charge on any atom is -0.414 e. The zero-order valence-corrected chi connectivity index (χ0v) is 24.6. The molecule has 1 saturated heterocycles. The Bertz CT molecular complexity index is 861. The van der Waals surface area contributed by atoms with Crippen LogP contribution in [0.2, 0.25) is 36.3 Å². The minimum atomic E-state index is -2.16. The van der Waals surface area contributed by atoms with Crippen molar-refractivity contribution in [3.8, 4) is 0 Å². The Morgan fingerprint density at radius 2 is 1.64 bits per heavy atom. The molecule has 1 aliphatic heterocycles. The van der Waals surface area contributed by atoms with E-state index in [0.29, 0.717) is 12.4 Å². The molecule has 1 aromatic heterocycles. The minimum absolute atomic E-state index is 0.0149. The van der Waals surface area contributed by atoms with Gasteiger partial charge >= 0.3 is 5.69 Å². The molecule has 4 atom stereocenters. The van der Waals surface area contributed by atoms with Gasteiger partial charge in [-0.05, 0) is 42.3 Å². The van der Waals surface area contributed by atoms with Gasteiger partial charge in [-0.25, -0.2) is 4.79 Å². The van der Waals surface area contributed by atoms with Gasteiger partial charge in [0, 0.05) is 20.4 Å². The monoisotopic (exact) mass is 499 g/mol. The van der Waals surface area contributed by atoms with Crippen LogP contribution in [0.25, 0.3) is 0 Å². The molecule has 0 bridgehead atoms. The smallest absolute Gasteiger partial charge is 0.351 e. The summed E-state index contributed by atoms with van der Waals surface area (Å²) in [5, 5.41) is 2.99. The summed E-state index contributed by atoms with van der Waals surface area (Å²) in [6, 6.07) is 1.75. The maximum absolute atomic E-state index is 12.8. The quantitative estimate of drug-likeness (QED) is 0.523. The van der Waals surface area contributed by atoms with E-state index >= 15 is 0 Å². The van der Waals surface area contributed by atoms with Crippen LogP contribution in [0.5, 0.6) is 0 Å². The molecule has 4 unspecified atom stereocenters. The van der Waals surface area contributed by atoms with Crippen molar-refractivity contribution in [1.82, 2.24) is 9.55 Å². The highest BCUT2D eigenvalue weighted by atomic mass is 28.4. The molecule has 190 valence electrons. The van der Waals surface area contributed by atoms with Crippen LogP contribution in [-0.2, 0) is 18.3 Å². The lowest BCUT2D eigenvalue weighted by molar-refractivity contribution is -0.0612. The fourth-order valence-electron chi connectivity index (χ4n) is 3.23. The van der Waals surface area contributed by atoms with Crippen LogP contribution in [-0.4, -0.2) is 65.3 Å². The molecule has 1 fully saturated rings. The van der Waals surface area contributed by atoms with Crippen molar-refractivity contribution in [2.45, 2.75) is 102 Å². The number of anilines is 1. The molecule has 0 radical (unpaired) electrons. The van der Waals surface area contributed by atoms with E-state index in [1.54, 1.807) is 26.4 Å². The van der Waals surface area contributed by atoms with Gasteiger partial charge in [0.25, 0.3) is 0 Å². The van der Waals surface area contributed by atoms with Crippen molar-refractivity contribution < 1.29 is 18.3 Å². The first-order valence-corrected chi connectivity index (χ1v) is 17.5. The molecule has 0 saturated carbocycles. The lowest BCUT2D eigenvalue weighted by Crippen LogP contribution is -2.51. The molecule has 8 nitrogen and oxygen atoms in total. The van der Waals surface area contributed by atoms with Crippen molar-refractivity contribution in [3.63, 3.8) is 0 Å². The predicted octanol–water partition coefficient (Wildman–Crippen LogP) is 4.61. The van der Waals surface area contributed by atoms with Crippen LogP contribution in [0.1, 0.15) is 47.8 Å². The summed E-state index contributed by atoms with van der Waals surface area (Å²) < 4.78 is 27.2. The average molecular weight is 500 g/mol. The molecule has 0 amide bonds. The van der Waals surface area contributed by atoms with Gasteiger partial charge in [-0.2, -0.15) is 4.98 Å². The maximum Gasteiger partial charge on any atom is 0.351 e. The van der Waals surface area contributed by atoms with Gasteiger partial charge in [0.1, 0.15) is 24.1 Å². The maximum atomic E-state index is 12.8. The van der Waals surface area contributed by atoms with Gasteiger partial charge in [0.05, 0.1) is 6.61 Å². The fourth-order valence-corrected chi connectivity index (χ4v) is 5.56. The Morgan fingerprint density at radius 1 is 1.06 bits per heavy atom. The largest absolute Gasteiger partial charge is 0.414 e. The van der Waals surface area contributed by atoms with Gasteiger partial charge in [-0.3, -0.25) is 4.57 Å². The van der Waals surface area contributed by atoms with Crippen molar-refractivity contribution in [1.29, 1.82) is 0 Å². The molecule has 0 aromatic carbocycles. The third kappa shape index (κ3) is 6.15. The van der Waals surface area contributed by atoms with Crippen molar-refractivity contribution in [3.05, 3.63) is 22.7 Å². The fraction of sp³-hybridized carbons (Fsp3) is 0.826. The zero-order chi connectivity index (χ0) is 25.4.